The van der Waals surface area contributed by atoms with Crippen molar-refractivity contribution >= 4 is 22.4 Å². The molecule has 3 rings (SSSR count). The predicted molar refractivity (Wildman–Crippen MR) is 88.5 cm³/mol. The van der Waals surface area contributed by atoms with E-state index in [0.717, 1.165) is 37.5 Å². The maximum atomic E-state index is 13.4. The molecule has 128 valence electrons. The summed E-state index contributed by atoms with van der Waals surface area (Å²) in [5.41, 5.74) is 4.35. The zero-order valence-electron chi connectivity index (χ0n) is 13.3. The predicted octanol–water partition coefficient (Wildman–Crippen LogP) is 3.17. The first-order valence-corrected chi connectivity index (χ1v) is 8.16. The van der Waals surface area contributed by atoms with Gasteiger partial charge in [0.1, 0.15) is 5.82 Å². The Morgan fingerprint density at radius 3 is 2.67 bits per heavy atom. The van der Waals surface area contributed by atoms with E-state index in [4.69, 9.17) is 10.2 Å². The lowest BCUT2D eigenvalue weighted by Crippen LogP contribution is -2.31. The van der Waals surface area contributed by atoms with Crippen molar-refractivity contribution in [3.8, 4) is 0 Å². The molecule has 1 fully saturated rings. The van der Waals surface area contributed by atoms with Crippen molar-refractivity contribution in [3.05, 3.63) is 40.0 Å². The second-order valence-electron chi connectivity index (χ2n) is 6.55. The van der Waals surface area contributed by atoms with Gasteiger partial charge in [0.2, 0.25) is 0 Å². The molecule has 0 saturated heterocycles. The molecular formula is C18H20FNO4. The Morgan fingerprint density at radius 2 is 1.96 bits per heavy atom. The van der Waals surface area contributed by atoms with Crippen LogP contribution >= 0.6 is 0 Å². The van der Waals surface area contributed by atoms with Crippen LogP contribution in [0.5, 0.6) is 0 Å². The molecule has 1 aliphatic carbocycles. The third kappa shape index (κ3) is 3.33. The Labute approximate surface area is 138 Å². The van der Waals surface area contributed by atoms with E-state index in [0.29, 0.717) is 19.3 Å². The lowest BCUT2D eigenvalue weighted by Gasteiger charge is -2.31. The molecule has 1 heterocycles. The molecule has 0 radical (unpaired) electrons. The molecule has 1 aliphatic rings. The maximum absolute atomic E-state index is 13.4. The number of rotatable bonds is 4. The zero-order chi connectivity index (χ0) is 17.3. The largest absolute Gasteiger partial charge is 0.451 e. The van der Waals surface area contributed by atoms with E-state index in [1.165, 1.54) is 0 Å². The summed E-state index contributed by atoms with van der Waals surface area (Å²) < 4.78 is 18.8. The first kappa shape index (κ1) is 16.6. The fourth-order valence-electron chi connectivity index (χ4n) is 3.31. The monoisotopic (exact) mass is 333 g/mol. The Bertz CT molecular complexity index is 837. The Hall–Kier alpha value is -2.21. The van der Waals surface area contributed by atoms with Crippen molar-refractivity contribution in [2.45, 2.75) is 50.5 Å². The molecule has 1 saturated carbocycles. The van der Waals surface area contributed by atoms with Crippen molar-refractivity contribution in [2.24, 2.45) is 0 Å². The van der Waals surface area contributed by atoms with Crippen LogP contribution in [0.15, 0.2) is 27.4 Å². The summed E-state index contributed by atoms with van der Waals surface area (Å²) in [7, 11) is 0. The highest BCUT2D eigenvalue weighted by molar-refractivity contribution is 5.96. The van der Waals surface area contributed by atoms with Crippen molar-refractivity contribution in [1.29, 1.82) is 0 Å². The van der Waals surface area contributed by atoms with E-state index in [1.54, 1.807) is 0 Å². The number of carbonyl (C=O) groups is 1. The molecule has 1 aromatic carbocycles. The number of Topliss-reactive ketones (excluding diaryl/α,β-unsaturated/α-hetero) is 1. The molecule has 2 aromatic rings. The molecule has 24 heavy (non-hydrogen) atoms. The minimum absolute atomic E-state index is 0.00922. The number of fused-ring (bicyclic) bond motifs is 1. The number of halogens is 1. The number of anilines is 1. The minimum atomic E-state index is -0.812. The number of hydrogen-bond acceptors (Lipinski definition) is 5. The second kappa shape index (κ2) is 6.36. The van der Waals surface area contributed by atoms with Crippen molar-refractivity contribution in [3.63, 3.8) is 0 Å². The number of nitrogen functional groups attached to an aromatic ring is 1. The summed E-state index contributed by atoms with van der Waals surface area (Å²) in [5, 5.41) is 10.5. The molecule has 1 aromatic heterocycles. The van der Waals surface area contributed by atoms with E-state index in [2.05, 4.69) is 0 Å². The Morgan fingerprint density at radius 1 is 1.25 bits per heavy atom. The molecule has 0 aliphatic heterocycles. The van der Waals surface area contributed by atoms with Crippen LogP contribution in [0.25, 0.3) is 11.0 Å². The molecule has 3 N–H and O–H groups in total. The number of ketones is 1. The summed E-state index contributed by atoms with van der Waals surface area (Å²) in [5.74, 6) is -1.10. The van der Waals surface area contributed by atoms with Crippen LogP contribution in [0.2, 0.25) is 0 Å². The van der Waals surface area contributed by atoms with Gasteiger partial charge in [-0.15, -0.1) is 0 Å². The van der Waals surface area contributed by atoms with E-state index < -0.39 is 16.8 Å². The molecular weight excluding hydrogens is 313 g/mol. The van der Waals surface area contributed by atoms with Crippen LogP contribution in [-0.2, 0) is 0 Å². The van der Waals surface area contributed by atoms with Gasteiger partial charge in [-0.05, 0) is 25.3 Å². The van der Waals surface area contributed by atoms with Crippen molar-refractivity contribution in [1.82, 2.24) is 0 Å². The molecule has 5 nitrogen and oxygen atoms in total. The van der Waals surface area contributed by atoms with Crippen LogP contribution in [0.1, 0.15) is 55.5 Å². The van der Waals surface area contributed by atoms with Crippen molar-refractivity contribution < 1.29 is 18.7 Å². The van der Waals surface area contributed by atoms with E-state index in [9.17, 15) is 19.1 Å². The molecule has 0 amide bonds. The van der Waals surface area contributed by atoms with E-state index in [-0.39, 0.29) is 34.6 Å². The first-order valence-electron chi connectivity index (χ1n) is 8.16. The SMILES string of the molecule is Nc1cc(F)cc2c(=O)cc(C(=O)CCC3(O)CCCCC3)oc12. The normalized spacial score (nSPS) is 17.1. The number of aliphatic hydroxyl groups is 1. The van der Waals surface area contributed by atoms with Crippen molar-refractivity contribution in [2.75, 3.05) is 5.73 Å². The van der Waals surface area contributed by atoms with E-state index in [1.807, 2.05) is 0 Å². The van der Waals surface area contributed by atoms with E-state index >= 15 is 0 Å². The van der Waals surface area contributed by atoms with Gasteiger partial charge in [0, 0.05) is 18.6 Å². The van der Waals surface area contributed by atoms with Gasteiger partial charge in [0.25, 0.3) is 0 Å². The highest BCUT2D eigenvalue weighted by Crippen LogP contribution is 2.32. The third-order valence-electron chi connectivity index (χ3n) is 4.70. The number of nitrogens with two attached hydrogens (primary N) is 1. The Balaban J connectivity index is 1.84. The lowest BCUT2D eigenvalue weighted by atomic mass is 9.81. The van der Waals surface area contributed by atoms with Crippen LogP contribution in [0, 0.1) is 5.82 Å². The number of hydrogen-bond donors (Lipinski definition) is 2. The summed E-state index contributed by atoms with van der Waals surface area (Å²) in [4.78, 5) is 24.4. The Kier molecular flexibility index (Phi) is 4.41. The van der Waals surface area contributed by atoms with Crippen LogP contribution in [-0.4, -0.2) is 16.5 Å². The second-order valence-corrected chi connectivity index (χ2v) is 6.55. The van der Waals surface area contributed by atoms with Gasteiger partial charge in [0.15, 0.2) is 22.6 Å². The average Bonchev–Trinajstić information content (AvgIpc) is 2.54. The van der Waals surface area contributed by atoms with Crippen LogP contribution in [0.4, 0.5) is 10.1 Å². The fourth-order valence-corrected chi connectivity index (χ4v) is 3.31. The lowest BCUT2D eigenvalue weighted by molar-refractivity contribution is -0.00471. The van der Waals surface area contributed by atoms with Gasteiger partial charge in [-0.3, -0.25) is 9.59 Å². The number of benzene rings is 1. The molecule has 0 unspecified atom stereocenters. The molecule has 6 heteroatoms. The maximum Gasteiger partial charge on any atom is 0.198 e. The van der Waals surface area contributed by atoms with Gasteiger partial charge in [-0.2, -0.15) is 0 Å². The molecule has 0 bridgehead atoms. The van der Waals surface area contributed by atoms with Crippen LogP contribution in [0.3, 0.4) is 0 Å². The number of carbonyl (C=O) groups excluding carboxylic acids is 1. The minimum Gasteiger partial charge on any atom is -0.451 e. The smallest absolute Gasteiger partial charge is 0.198 e. The first-order chi connectivity index (χ1) is 11.4. The highest BCUT2D eigenvalue weighted by Gasteiger charge is 2.30. The highest BCUT2D eigenvalue weighted by atomic mass is 19.1. The summed E-state index contributed by atoms with van der Waals surface area (Å²) in [6.45, 7) is 0. The fraction of sp³-hybridized carbons (Fsp3) is 0.444. The van der Waals surface area contributed by atoms with Gasteiger partial charge < -0.3 is 15.3 Å². The zero-order valence-corrected chi connectivity index (χ0v) is 13.3. The standard InChI is InChI=1S/C18H20FNO4/c19-11-8-12-15(22)10-16(24-17(12)13(20)9-11)14(21)4-7-18(23)5-2-1-3-6-18/h8-10,23H,1-7,20H2. The topological polar surface area (TPSA) is 93.5 Å². The summed E-state index contributed by atoms with van der Waals surface area (Å²) in [6.07, 6.45) is 4.82. The summed E-state index contributed by atoms with van der Waals surface area (Å²) >= 11 is 0. The van der Waals surface area contributed by atoms with Gasteiger partial charge in [-0.25, -0.2) is 4.39 Å². The molecule has 0 atom stereocenters. The van der Waals surface area contributed by atoms with Gasteiger partial charge in [0.05, 0.1) is 16.7 Å². The van der Waals surface area contributed by atoms with Gasteiger partial charge >= 0.3 is 0 Å². The average molecular weight is 333 g/mol. The van der Waals surface area contributed by atoms with Gasteiger partial charge in [-0.1, -0.05) is 19.3 Å². The van der Waals surface area contributed by atoms with Crippen LogP contribution < -0.4 is 11.2 Å². The third-order valence-corrected chi connectivity index (χ3v) is 4.70. The molecule has 0 spiro atoms. The summed E-state index contributed by atoms with van der Waals surface area (Å²) in [6, 6.07) is 3.15. The quantitative estimate of drug-likeness (QED) is 0.662.